The molecule has 0 saturated carbocycles. The zero-order valence-electron chi connectivity index (χ0n) is 17.9. The first kappa shape index (κ1) is 21.2. The van der Waals surface area contributed by atoms with Gasteiger partial charge in [-0.3, -0.25) is 9.69 Å². The molecule has 0 N–H and O–H groups in total. The number of rotatable bonds is 6. The molecule has 2 heterocycles. The molecule has 1 aliphatic rings. The van der Waals surface area contributed by atoms with Gasteiger partial charge < -0.3 is 9.30 Å². The van der Waals surface area contributed by atoms with Crippen LogP contribution in [0.15, 0.2) is 76.6 Å². The maximum absolute atomic E-state index is 13.2. The van der Waals surface area contributed by atoms with Crippen molar-refractivity contribution in [1.82, 2.24) is 9.47 Å². The number of amides is 1. The highest BCUT2D eigenvalue weighted by atomic mass is 32.2. The molecule has 3 aromatic rings. The highest BCUT2D eigenvalue weighted by molar-refractivity contribution is 8.18. The lowest BCUT2D eigenvalue weighted by atomic mass is 10.2. The Labute approximate surface area is 187 Å². The minimum Gasteiger partial charge on any atom is -0.383 e. The monoisotopic (exact) mass is 431 g/mol. The quantitative estimate of drug-likeness (QED) is 0.495. The molecule has 1 aliphatic heterocycles. The topological polar surface area (TPSA) is 46.8 Å². The first-order valence-electron chi connectivity index (χ1n) is 10.2. The Kier molecular flexibility index (Phi) is 6.39. The normalized spacial score (nSPS) is 16.6. The molecule has 31 heavy (non-hydrogen) atoms. The second-order valence-electron chi connectivity index (χ2n) is 7.29. The van der Waals surface area contributed by atoms with Crippen LogP contribution in [0.1, 0.15) is 17.0 Å². The average Bonchev–Trinajstić information content (AvgIpc) is 3.23. The second-order valence-corrected chi connectivity index (χ2v) is 8.30. The Morgan fingerprint density at radius 1 is 1.03 bits per heavy atom. The van der Waals surface area contributed by atoms with E-state index in [-0.39, 0.29) is 5.91 Å². The van der Waals surface area contributed by atoms with Crippen LogP contribution < -0.4 is 0 Å². The van der Waals surface area contributed by atoms with Crippen LogP contribution >= 0.6 is 11.8 Å². The lowest BCUT2D eigenvalue weighted by molar-refractivity contribution is -0.122. The van der Waals surface area contributed by atoms with Gasteiger partial charge in [-0.2, -0.15) is 0 Å². The smallest absolute Gasteiger partial charge is 0.266 e. The molecule has 0 aliphatic carbocycles. The van der Waals surface area contributed by atoms with Crippen molar-refractivity contribution in [2.45, 2.75) is 13.8 Å². The number of thioether (sulfide) groups is 1. The molecule has 5 nitrogen and oxygen atoms in total. The van der Waals surface area contributed by atoms with Crippen molar-refractivity contribution in [1.29, 1.82) is 0 Å². The Bertz CT molecular complexity index is 1130. The molecule has 4 rings (SSSR count). The third-order valence-corrected chi connectivity index (χ3v) is 6.17. The number of aliphatic imine (C=N–C) groups is 1. The number of para-hydroxylation sites is 2. The first-order chi connectivity index (χ1) is 15.1. The predicted octanol–water partition coefficient (Wildman–Crippen LogP) is 5.34. The van der Waals surface area contributed by atoms with Gasteiger partial charge in [-0.1, -0.05) is 36.4 Å². The van der Waals surface area contributed by atoms with Crippen LogP contribution in [0, 0.1) is 13.8 Å². The number of nitrogens with zero attached hydrogens (tertiary/aromatic N) is 3. The van der Waals surface area contributed by atoms with E-state index in [1.54, 1.807) is 12.0 Å². The average molecular weight is 432 g/mol. The van der Waals surface area contributed by atoms with E-state index in [1.807, 2.05) is 54.6 Å². The number of carbonyl (C=O) groups excluding carboxylic acids is 1. The van der Waals surface area contributed by atoms with E-state index in [0.717, 1.165) is 28.3 Å². The van der Waals surface area contributed by atoms with Crippen molar-refractivity contribution in [3.05, 3.63) is 88.6 Å². The fourth-order valence-corrected chi connectivity index (χ4v) is 4.65. The van der Waals surface area contributed by atoms with Crippen molar-refractivity contribution in [3.63, 3.8) is 0 Å². The molecular weight excluding hydrogens is 406 g/mol. The van der Waals surface area contributed by atoms with Gasteiger partial charge in [-0.05, 0) is 67.6 Å². The fourth-order valence-electron chi connectivity index (χ4n) is 3.63. The Hall–Kier alpha value is -3.09. The van der Waals surface area contributed by atoms with E-state index in [0.29, 0.717) is 23.2 Å². The molecule has 158 valence electrons. The van der Waals surface area contributed by atoms with Gasteiger partial charge >= 0.3 is 0 Å². The molecule has 0 bridgehead atoms. The Morgan fingerprint density at radius 3 is 2.39 bits per heavy atom. The van der Waals surface area contributed by atoms with Gasteiger partial charge in [0.1, 0.15) is 0 Å². The number of benzene rings is 2. The van der Waals surface area contributed by atoms with E-state index in [4.69, 9.17) is 9.73 Å². The van der Waals surface area contributed by atoms with Crippen LogP contribution in [0.5, 0.6) is 0 Å². The number of amidine groups is 1. The predicted molar refractivity (Wildman–Crippen MR) is 128 cm³/mol. The molecule has 1 fully saturated rings. The number of ether oxygens (including phenoxy) is 1. The summed E-state index contributed by atoms with van der Waals surface area (Å²) in [5.41, 5.74) is 5.19. The van der Waals surface area contributed by atoms with Crippen molar-refractivity contribution in [3.8, 4) is 5.69 Å². The lowest BCUT2D eigenvalue weighted by Gasteiger charge is -2.14. The molecular formula is C25H25N3O2S. The fraction of sp³-hybridized carbons (Fsp3) is 0.200. The Morgan fingerprint density at radius 2 is 1.71 bits per heavy atom. The molecule has 2 aromatic carbocycles. The van der Waals surface area contributed by atoms with Gasteiger partial charge in [0.2, 0.25) is 0 Å². The minimum absolute atomic E-state index is 0.0405. The van der Waals surface area contributed by atoms with E-state index < -0.39 is 0 Å². The highest BCUT2D eigenvalue weighted by Gasteiger charge is 2.33. The number of hydrogen-bond acceptors (Lipinski definition) is 4. The third-order valence-electron chi connectivity index (χ3n) is 5.16. The summed E-state index contributed by atoms with van der Waals surface area (Å²) >= 11 is 1.41. The van der Waals surface area contributed by atoms with Crippen LogP contribution in [-0.4, -0.2) is 40.8 Å². The van der Waals surface area contributed by atoms with Crippen molar-refractivity contribution >= 4 is 34.6 Å². The van der Waals surface area contributed by atoms with Crippen LogP contribution in [0.2, 0.25) is 0 Å². The number of aryl methyl sites for hydroxylation is 1. The summed E-state index contributed by atoms with van der Waals surface area (Å²) < 4.78 is 7.42. The zero-order valence-corrected chi connectivity index (χ0v) is 18.7. The summed E-state index contributed by atoms with van der Waals surface area (Å²) in [6.07, 6.45) is 1.97. The maximum Gasteiger partial charge on any atom is 0.266 e. The van der Waals surface area contributed by atoms with Crippen LogP contribution in [0.4, 0.5) is 5.69 Å². The zero-order chi connectivity index (χ0) is 21.8. The van der Waals surface area contributed by atoms with Crippen LogP contribution in [0.25, 0.3) is 11.8 Å². The number of hydrogen-bond donors (Lipinski definition) is 0. The van der Waals surface area contributed by atoms with E-state index >= 15 is 0 Å². The van der Waals surface area contributed by atoms with Gasteiger partial charge in [0.25, 0.3) is 5.91 Å². The molecule has 0 radical (unpaired) electrons. The van der Waals surface area contributed by atoms with Crippen LogP contribution in [0.3, 0.4) is 0 Å². The van der Waals surface area contributed by atoms with Crippen molar-refractivity contribution < 1.29 is 9.53 Å². The number of methoxy groups -OCH3 is 1. The second kappa shape index (κ2) is 9.37. The van der Waals surface area contributed by atoms with Crippen molar-refractivity contribution in [2.75, 3.05) is 20.3 Å². The number of aromatic nitrogens is 1. The first-order valence-corrected chi connectivity index (χ1v) is 11.0. The maximum atomic E-state index is 13.2. The van der Waals surface area contributed by atoms with Gasteiger partial charge in [0, 0.05) is 24.2 Å². The Balaban J connectivity index is 1.70. The molecule has 1 saturated heterocycles. The van der Waals surface area contributed by atoms with E-state index in [2.05, 4.69) is 36.6 Å². The van der Waals surface area contributed by atoms with Crippen molar-refractivity contribution in [2.24, 2.45) is 4.99 Å². The molecule has 6 heteroatoms. The van der Waals surface area contributed by atoms with Gasteiger partial charge in [-0.25, -0.2) is 4.99 Å². The minimum atomic E-state index is -0.0405. The molecule has 0 atom stereocenters. The van der Waals surface area contributed by atoms with Gasteiger partial charge in [-0.15, -0.1) is 0 Å². The molecule has 1 aromatic heterocycles. The summed E-state index contributed by atoms with van der Waals surface area (Å²) in [6, 6.07) is 22.1. The lowest BCUT2D eigenvalue weighted by Crippen LogP contribution is -2.32. The summed E-state index contributed by atoms with van der Waals surface area (Å²) in [7, 11) is 1.64. The number of carbonyl (C=O) groups is 1. The molecule has 0 unspecified atom stereocenters. The van der Waals surface area contributed by atoms with Crippen LogP contribution in [-0.2, 0) is 9.53 Å². The highest BCUT2D eigenvalue weighted by Crippen LogP contribution is 2.35. The largest absolute Gasteiger partial charge is 0.383 e. The standard InChI is InChI=1S/C25H25N3O2S/c1-18-16-20(19(2)28(18)22-12-8-5-9-13-22)17-23-24(29)27(14-15-30-3)25(31-23)26-21-10-6-4-7-11-21/h4-13,16-17H,14-15H2,1-3H3. The van der Waals surface area contributed by atoms with Gasteiger partial charge in [0.15, 0.2) is 5.17 Å². The third kappa shape index (κ3) is 4.50. The molecule has 1 amide bonds. The summed E-state index contributed by atoms with van der Waals surface area (Å²) in [5, 5.41) is 0.677. The van der Waals surface area contributed by atoms with Gasteiger partial charge in [0.05, 0.1) is 23.7 Å². The summed E-state index contributed by atoms with van der Waals surface area (Å²) in [4.78, 5) is 20.3. The van der Waals surface area contributed by atoms with E-state index in [1.165, 1.54) is 11.8 Å². The molecule has 0 spiro atoms. The summed E-state index contributed by atoms with van der Waals surface area (Å²) in [5.74, 6) is -0.0405. The van der Waals surface area contributed by atoms with E-state index in [9.17, 15) is 4.79 Å². The SMILES string of the molecule is COCCN1C(=O)C(=Cc2cc(C)n(-c3ccccc3)c2C)SC1=Nc1ccccc1. The summed E-state index contributed by atoms with van der Waals surface area (Å²) in [6.45, 7) is 5.08.